The van der Waals surface area contributed by atoms with Crippen LogP contribution in [0.5, 0.6) is 0 Å². The van der Waals surface area contributed by atoms with Gasteiger partial charge in [0.2, 0.25) is 0 Å². The predicted molar refractivity (Wildman–Crippen MR) is 48.9 cm³/mol. The van der Waals surface area contributed by atoms with E-state index in [1.807, 2.05) is 6.07 Å². The second-order valence-electron chi connectivity index (χ2n) is 3.17. The van der Waals surface area contributed by atoms with Crippen LogP contribution in [-0.2, 0) is 5.41 Å². The molecule has 0 bridgehead atoms. The summed E-state index contributed by atoms with van der Waals surface area (Å²) in [6.45, 7) is 0. The number of nitrogens with one attached hydrogen (secondary N) is 1. The standard InChI is InChI=1S/C9H9ClN2/c10-8-2-1-7(5-12-8)9(6-11)3-4-9/h1-2,5-6,11H,3-4H2. The maximum absolute atomic E-state index is 7.27. The molecule has 1 saturated carbocycles. The Hall–Kier alpha value is -0.890. The normalized spacial score (nSPS) is 18.8. The molecule has 0 atom stereocenters. The van der Waals surface area contributed by atoms with E-state index in [1.165, 1.54) is 6.21 Å². The first-order valence-electron chi connectivity index (χ1n) is 3.90. The van der Waals surface area contributed by atoms with E-state index in [0.717, 1.165) is 18.4 Å². The SMILES string of the molecule is N=CC1(c2ccc(Cl)nc2)CC1. The van der Waals surface area contributed by atoms with E-state index in [0.29, 0.717) is 5.15 Å². The van der Waals surface area contributed by atoms with E-state index in [2.05, 4.69) is 4.98 Å². The molecule has 0 saturated heterocycles. The summed E-state index contributed by atoms with van der Waals surface area (Å²) in [5.41, 5.74) is 1.11. The van der Waals surface area contributed by atoms with E-state index < -0.39 is 0 Å². The van der Waals surface area contributed by atoms with Crippen LogP contribution in [-0.4, -0.2) is 11.2 Å². The molecule has 12 heavy (non-hydrogen) atoms. The van der Waals surface area contributed by atoms with Crippen molar-refractivity contribution in [3.8, 4) is 0 Å². The summed E-state index contributed by atoms with van der Waals surface area (Å²) in [6, 6.07) is 3.73. The number of pyridine rings is 1. The highest BCUT2D eigenvalue weighted by molar-refractivity contribution is 6.29. The number of aromatic nitrogens is 1. The van der Waals surface area contributed by atoms with Crippen LogP contribution in [0.1, 0.15) is 18.4 Å². The van der Waals surface area contributed by atoms with Gasteiger partial charge in [0.15, 0.2) is 0 Å². The van der Waals surface area contributed by atoms with Gasteiger partial charge in [-0.15, -0.1) is 0 Å². The van der Waals surface area contributed by atoms with Gasteiger partial charge in [0.05, 0.1) is 0 Å². The summed E-state index contributed by atoms with van der Waals surface area (Å²) < 4.78 is 0. The minimum Gasteiger partial charge on any atom is -0.312 e. The van der Waals surface area contributed by atoms with Crippen molar-refractivity contribution >= 4 is 17.8 Å². The Morgan fingerprint density at radius 1 is 1.50 bits per heavy atom. The fourth-order valence-electron chi connectivity index (χ4n) is 1.32. The Morgan fingerprint density at radius 3 is 2.67 bits per heavy atom. The maximum atomic E-state index is 7.27. The van der Waals surface area contributed by atoms with Crippen LogP contribution >= 0.6 is 11.6 Å². The summed E-state index contributed by atoms with van der Waals surface area (Å²) >= 11 is 5.66. The summed E-state index contributed by atoms with van der Waals surface area (Å²) in [7, 11) is 0. The van der Waals surface area contributed by atoms with Crippen molar-refractivity contribution in [2.75, 3.05) is 0 Å². The number of nitrogens with zero attached hydrogens (tertiary/aromatic N) is 1. The molecule has 62 valence electrons. The fraction of sp³-hybridized carbons (Fsp3) is 0.333. The Kier molecular flexibility index (Phi) is 1.65. The molecular formula is C9H9ClN2. The third-order valence-corrected chi connectivity index (χ3v) is 2.59. The van der Waals surface area contributed by atoms with Gasteiger partial charge in [-0.3, -0.25) is 0 Å². The first-order valence-corrected chi connectivity index (χ1v) is 4.28. The molecule has 1 aromatic rings. The first-order chi connectivity index (χ1) is 5.77. The second-order valence-corrected chi connectivity index (χ2v) is 3.56. The van der Waals surface area contributed by atoms with Gasteiger partial charge in [0.25, 0.3) is 0 Å². The van der Waals surface area contributed by atoms with E-state index >= 15 is 0 Å². The van der Waals surface area contributed by atoms with Crippen molar-refractivity contribution in [2.24, 2.45) is 0 Å². The molecule has 2 rings (SSSR count). The molecule has 1 aromatic heterocycles. The summed E-state index contributed by atoms with van der Waals surface area (Å²) in [6.07, 6.45) is 5.41. The van der Waals surface area contributed by atoms with Gasteiger partial charge in [-0.05, 0) is 24.5 Å². The molecule has 0 aliphatic heterocycles. The zero-order chi connectivity index (χ0) is 8.60. The largest absolute Gasteiger partial charge is 0.312 e. The monoisotopic (exact) mass is 180 g/mol. The van der Waals surface area contributed by atoms with Crippen LogP contribution in [0, 0.1) is 5.41 Å². The van der Waals surface area contributed by atoms with Crippen LogP contribution in [0.25, 0.3) is 0 Å². The highest BCUT2D eigenvalue weighted by atomic mass is 35.5. The average molecular weight is 181 g/mol. The van der Waals surface area contributed by atoms with Gasteiger partial charge in [-0.1, -0.05) is 17.7 Å². The lowest BCUT2D eigenvalue weighted by Gasteiger charge is -2.06. The topological polar surface area (TPSA) is 36.7 Å². The van der Waals surface area contributed by atoms with Gasteiger partial charge < -0.3 is 5.41 Å². The Labute approximate surface area is 76.1 Å². The molecule has 1 fully saturated rings. The predicted octanol–water partition coefficient (Wildman–Crippen LogP) is 2.42. The van der Waals surface area contributed by atoms with Gasteiger partial charge >= 0.3 is 0 Å². The van der Waals surface area contributed by atoms with E-state index in [4.69, 9.17) is 17.0 Å². The average Bonchev–Trinajstić information content (AvgIpc) is 2.86. The van der Waals surface area contributed by atoms with Crippen LogP contribution < -0.4 is 0 Å². The molecule has 0 radical (unpaired) electrons. The van der Waals surface area contributed by atoms with Gasteiger partial charge in [-0.2, -0.15) is 0 Å². The molecular weight excluding hydrogens is 172 g/mol. The van der Waals surface area contributed by atoms with E-state index in [1.54, 1.807) is 12.3 Å². The molecule has 1 aliphatic carbocycles. The maximum Gasteiger partial charge on any atom is 0.129 e. The zero-order valence-corrected chi connectivity index (χ0v) is 7.30. The number of hydrogen-bond acceptors (Lipinski definition) is 2. The Bertz CT molecular complexity index is 301. The van der Waals surface area contributed by atoms with Gasteiger partial charge in [0, 0.05) is 17.8 Å². The molecule has 0 spiro atoms. The summed E-state index contributed by atoms with van der Waals surface area (Å²) in [5, 5.41) is 7.79. The minimum atomic E-state index is -0.00239. The van der Waals surface area contributed by atoms with Crippen molar-refractivity contribution in [2.45, 2.75) is 18.3 Å². The van der Waals surface area contributed by atoms with Crippen molar-refractivity contribution in [3.63, 3.8) is 0 Å². The van der Waals surface area contributed by atoms with Gasteiger partial charge in [-0.25, -0.2) is 4.98 Å². The van der Waals surface area contributed by atoms with Crippen LogP contribution in [0.15, 0.2) is 18.3 Å². The third kappa shape index (κ3) is 1.12. The second kappa shape index (κ2) is 2.56. The van der Waals surface area contributed by atoms with E-state index in [-0.39, 0.29) is 5.41 Å². The lowest BCUT2D eigenvalue weighted by molar-refractivity contribution is 0.950. The lowest BCUT2D eigenvalue weighted by atomic mass is 10.00. The van der Waals surface area contributed by atoms with Crippen LogP contribution in [0.4, 0.5) is 0 Å². The van der Waals surface area contributed by atoms with Crippen molar-refractivity contribution in [3.05, 3.63) is 29.0 Å². The molecule has 0 aromatic carbocycles. The number of rotatable bonds is 2. The summed E-state index contributed by atoms with van der Waals surface area (Å²) in [4.78, 5) is 4.00. The molecule has 1 aliphatic rings. The highest BCUT2D eigenvalue weighted by Crippen LogP contribution is 2.45. The summed E-state index contributed by atoms with van der Waals surface area (Å²) in [5.74, 6) is 0. The van der Waals surface area contributed by atoms with Crippen LogP contribution in [0.3, 0.4) is 0 Å². The van der Waals surface area contributed by atoms with Crippen molar-refractivity contribution in [1.29, 1.82) is 5.41 Å². The smallest absolute Gasteiger partial charge is 0.129 e. The molecule has 2 nitrogen and oxygen atoms in total. The van der Waals surface area contributed by atoms with Gasteiger partial charge in [0.1, 0.15) is 5.15 Å². The molecule has 1 N–H and O–H groups in total. The molecule has 0 amide bonds. The third-order valence-electron chi connectivity index (χ3n) is 2.37. The number of hydrogen-bond donors (Lipinski definition) is 1. The van der Waals surface area contributed by atoms with Crippen molar-refractivity contribution in [1.82, 2.24) is 4.98 Å². The molecule has 1 heterocycles. The highest BCUT2D eigenvalue weighted by Gasteiger charge is 2.42. The van der Waals surface area contributed by atoms with E-state index in [9.17, 15) is 0 Å². The lowest BCUT2D eigenvalue weighted by Crippen LogP contribution is -2.07. The Balaban J connectivity index is 2.35. The number of halogens is 1. The molecule has 0 unspecified atom stereocenters. The zero-order valence-electron chi connectivity index (χ0n) is 6.55. The van der Waals surface area contributed by atoms with Crippen LogP contribution in [0.2, 0.25) is 5.15 Å². The van der Waals surface area contributed by atoms with Crippen molar-refractivity contribution < 1.29 is 0 Å². The minimum absolute atomic E-state index is 0.00239. The first kappa shape index (κ1) is 7.74. The Morgan fingerprint density at radius 2 is 2.25 bits per heavy atom. The molecule has 3 heteroatoms. The quantitative estimate of drug-likeness (QED) is 0.551. The fourth-order valence-corrected chi connectivity index (χ4v) is 1.43.